The van der Waals surface area contributed by atoms with Gasteiger partial charge >= 0.3 is 0 Å². The summed E-state index contributed by atoms with van der Waals surface area (Å²) in [7, 11) is 0. The Morgan fingerprint density at radius 3 is 2.74 bits per heavy atom. The Morgan fingerprint density at radius 2 is 2.00 bits per heavy atom. The molecule has 0 saturated heterocycles. The first kappa shape index (κ1) is 17.2. The molecule has 0 radical (unpaired) electrons. The molecule has 0 fully saturated rings. The van der Waals surface area contributed by atoms with Crippen molar-refractivity contribution < 1.29 is 14.0 Å². The molecule has 0 spiro atoms. The topological polar surface area (TPSA) is 76.0 Å². The van der Waals surface area contributed by atoms with Gasteiger partial charge in [0.15, 0.2) is 0 Å². The van der Waals surface area contributed by atoms with Crippen LogP contribution in [0.25, 0.3) is 11.3 Å². The Hall–Kier alpha value is -3.19. The number of nitrogens with one attached hydrogen (secondary N) is 2. The van der Waals surface area contributed by atoms with Crippen molar-refractivity contribution in [2.75, 3.05) is 10.6 Å². The Morgan fingerprint density at radius 1 is 1.22 bits per heavy atom. The molecule has 4 rings (SSSR count). The summed E-state index contributed by atoms with van der Waals surface area (Å²) < 4.78 is 14.8. The fourth-order valence-electron chi connectivity index (χ4n) is 2.94. The van der Waals surface area contributed by atoms with Gasteiger partial charge in [-0.2, -0.15) is 5.10 Å². The summed E-state index contributed by atoms with van der Waals surface area (Å²) in [5, 5.41) is 10.4. The van der Waals surface area contributed by atoms with E-state index in [1.807, 2.05) is 0 Å². The number of fused-ring (bicyclic) bond motifs is 1. The van der Waals surface area contributed by atoms with Gasteiger partial charge in [-0.05, 0) is 30.3 Å². The summed E-state index contributed by atoms with van der Waals surface area (Å²) in [6, 6.07) is 13.5. The van der Waals surface area contributed by atoms with E-state index in [2.05, 4.69) is 15.7 Å². The van der Waals surface area contributed by atoms with Gasteiger partial charge in [-0.3, -0.25) is 9.59 Å². The lowest BCUT2D eigenvalue weighted by atomic mass is 10.1. The summed E-state index contributed by atoms with van der Waals surface area (Å²) in [4.78, 5) is 24.7. The van der Waals surface area contributed by atoms with Gasteiger partial charge in [0.2, 0.25) is 11.8 Å². The standard InChI is InChI=1S/C19H14ClFN4O2/c20-12-6-4-11(5-7-12)15-9-17-23-18(26)10-16(25(17)24-15)19(27)22-14-3-1-2-13(21)8-14/h1-9,16H,10H2,(H,22,27)(H,23,26)/t16-/m1/s1. The molecule has 0 bridgehead atoms. The highest BCUT2D eigenvalue weighted by atomic mass is 35.5. The molecular formula is C19H14ClFN4O2. The van der Waals surface area contributed by atoms with Crippen LogP contribution in [0.5, 0.6) is 0 Å². The molecule has 0 saturated carbocycles. The number of nitrogens with zero attached hydrogens (tertiary/aromatic N) is 2. The zero-order chi connectivity index (χ0) is 19.0. The van der Waals surface area contributed by atoms with Crippen molar-refractivity contribution in [3.8, 4) is 11.3 Å². The Bertz CT molecular complexity index is 1030. The highest BCUT2D eigenvalue weighted by Gasteiger charge is 2.32. The Labute approximate surface area is 158 Å². The van der Waals surface area contributed by atoms with Crippen molar-refractivity contribution >= 4 is 34.9 Å². The average Bonchev–Trinajstić information content (AvgIpc) is 3.05. The molecular weight excluding hydrogens is 371 g/mol. The molecule has 1 atom stereocenters. The van der Waals surface area contributed by atoms with Gasteiger partial charge in [0, 0.05) is 22.3 Å². The number of anilines is 2. The molecule has 0 aliphatic carbocycles. The maximum atomic E-state index is 13.3. The van der Waals surface area contributed by atoms with Crippen LogP contribution < -0.4 is 10.6 Å². The number of amides is 2. The van der Waals surface area contributed by atoms with E-state index < -0.39 is 17.8 Å². The molecule has 2 N–H and O–H groups in total. The van der Waals surface area contributed by atoms with Crippen LogP contribution in [0.15, 0.2) is 54.6 Å². The summed E-state index contributed by atoms with van der Waals surface area (Å²) in [5.41, 5.74) is 1.73. The van der Waals surface area contributed by atoms with Gasteiger partial charge < -0.3 is 10.6 Å². The monoisotopic (exact) mass is 384 g/mol. The van der Waals surface area contributed by atoms with E-state index in [1.165, 1.54) is 22.9 Å². The smallest absolute Gasteiger partial charge is 0.249 e. The minimum absolute atomic E-state index is 0.0596. The summed E-state index contributed by atoms with van der Waals surface area (Å²) in [5.74, 6) is -0.763. The van der Waals surface area contributed by atoms with E-state index in [1.54, 1.807) is 36.4 Å². The lowest BCUT2D eigenvalue weighted by Gasteiger charge is -2.23. The second kappa shape index (κ2) is 6.85. The molecule has 6 nitrogen and oxygen atoms in total. The van der Waals surface area contributed by atoms with Gasteiger partial charge in [0.05, 0.1) is 12.1 Å². The number of aromatic nitrogens is 2. The van der Waals surface area contributed by atoms with E-state index in [0.29, 0.717) is 22.2 Å². The third-order valence-corrected chi connectivity index (χ3v) is 4.46. The van der Waals surface area contributed by atoms with Gasteiger partial charge in [0.25, 0.3) is 0 Å². The lowest BCUT2D eigenvalue weighted by Crippen LogP contribution is -2.35. The number of carbonyl (C=O) groups excluding carboxylic acids is 2. The molecule has 2 aromatic carbocycles. The first-order valence-corrected chi connectivity index (χ1v) is 8.59. The third kappa shape index (κ3) is 3.54. The largest absolute Gasteiger partial charge is 0.324 e. The van der Waals surface area contributed by atoms with Crippen molar-refractivity contribution in [3.05, 3.63) is 65.4 Å². The van der Waals surface area contributed by atoms with E-state index in [-0.39, 0.29) is 12.3 Å². The maximum absolute atomic E-state index is 13.3. The fraction of sp³-hybridized carbons (Fsp3) is 0.105. The van der Waals surface area contributed by atoms with Crippen molar-refractivity contribution in [2.45, 2.75) is 12.5 Å². The lowest BCUT2D eigenvalue weighted by molar-refractivity contribution is -0.125. The number of halogens is 2. The molecule has 2 amide bonds. The van der Waals surface area contributed by atoms with Crippen LogP contribution in [0.3, 0.4) is 0 Å². The van der Waals surface area contributed by atoms with Crippen LogP contribution in [-0.2, 0) is 9.59 Å². The summed E-state index contributed by atoms with van der Waals surface area (Å²) in [6.45, 7) is 0. The number of carbonyl (C=O) groups is 2. The molecule has 27 heavy (non-hydrogen) atoms. The van der Waals surface area contributed by atoms with E-state index in [0.717, 1.165) is 5.56 Å². The highest BCUT2D eigenvalue weighted by Crippen LogP contribution is 2.30. The van der Waals surface area contributed by atoms with Gasteiger partial charge in [-0.1, -0.05) is 29.8 Å². The van der Waals surface area contributed by atoms with Crippen molar-refractivity contribution in [1.82, 2.24) is 9.78 Å². The second-order valence-electron chi connectivity index (χ2n) is 6.13. The summed E-state index contributed by atoms with van der Waals surface area (Å²) >= 11 is 5.91. The van der Waals surface area contributed by atoms with E-state index in [9.17, 15) is 14.0 Å². The fourth-order valence-corrected chi connectivity index (χ4v) is 3.06. The third-order valence-electron chi connectivity index (χ3n) is 4.21. The van der Waals surface area contributed by atoms with Crippen molar-refractivity contribution in [3.63, 3.8) is 0 Å². The quantitative estimate of drug-likeness (QED) is 0.719. The number of hydrogen-bond donors (Lipinski definition) is 2. The number of hydrogen-bond acceptors (Lipinski definition) is 3. The molecule has 1 aromatic heterocycles. The number of benzene rings is 2. The second-order valence-corrected chi connectivity index (χ2v) is 6.57. The van der Waals surface area contributed by atoms with Crippen LogP contribution >= 0.6 is 11.6 Å². The highest BCUT2D eigenvalue weighted by molar-refractivity contribution is 6.30. The van der Waals surface area contributed by atoms with Crippen LogP contribution in [0.1, 0.15) is 12.5 Å². The van der Waals surface area contributed by atoms with E-state index >= 15 is 0 Å². The molecule has 8 heteroatoms. The van der Waals surface area contributed by atoms with Crippen LogP contribution in [0.4, 0.5) is 15.9 Å². The van der Waals surface area contributed by atoms with Gasteiger partial charge in [-0.15, -0.1) is 0 Å². The number of rotatable bonds is 3. The first-order chi connectivity index (χ1) is 13.0. The van der Waals surface area contributed by atoms with Crippen LogP contribution in [0.2, 0.25) is 5.02 Å². The zero-order valence-corrected chi connectivity index (χ0v) is 14.7. The minimum atomic E-state index is -0.835. The van der Waals surface area contributed by atoms with E-state index in [4.69, 9.17) is 11.6 Å². The zero-order valence-electron chi connectivity index (χ0n) is 13.9. The molecule has 0 unspecified atom stereocenters. The minimum Gasteiger partial charge on any atom is -0.324 e. The Kier molecular flexibility index (Phi) is 4.37. The SMILES string of the molecule is O=C1C[C@H](C(=O)Nc2cccc(F)c2)n2nc(-c3ccc(Cl)cc3)cc2N1. The van der Waals surface area contributed by atoms with Gasteiger partial charge in [-0.25, -0.2) is 9.07 Å². The average molecular weight is 385 g/mol. The van der Waals surface area contributed by atoms with Crippen LogP contribution in [-0.4, -0.2) is 21.6 Å². The maximum Gasteiger partial charge on any atom is 0.249 e. The predicted octanol–water partition coefficient (Wildman–Crippen LogP) is 3.86. The van der Waals surface area contributed by atoms with Crippen molar-refractivity contribution in [1.29, 1.82) is 0 Å². The molecule has 1 aliphatic heterocycles. The molecule has 2 heterocycles. The molecule has 136 valence electrons. The normalized spacial score (nSPS) is 15.8. The summed E-state index contributed by atoms with van der Waals surface area (Å²) in [6.07, 6.45) is -0.0596. The predicted molar refractivity (Wildman–Crippen MR) is 100.0 cm³/mol. The molecule has 3 aromatic rings. The first-order valence-electron chi connectivity index (χ1n) is 8.21. The Balaban J connectivity index is 1.64. The van der Waals surface area contributed by atoms with Gasteiger partial charge in [0.1, 0.15) is 17.7 Å². The van der Waals surface area contributed by atoms with Crippen molar-refractivity contribution in [2.24, 2.45) is 0 Å². The molecule has 1 aliphatic rings. The van der Waals surface area contributed by atoms with Crippen LogP contribution in [0, 0.1) is 5.82 Å².